The van der Waals surface area contributed by atoms with Crippen LogP contribution in [0.3, 0.4) is 0 Å². The molecule has 1 aromatic rings. The summed E-state index contributed by atoms with van der Waals surface area (Å²) in [5, 5.41) is 0. The summed E-state index contributed by atoms with van der Waals surface area (Å²) in [7, 11) is 1.34. The lowest BCUT2D eigenvalue weighted by Crippen LogP contribution is -2.17. The number of carbonyl (C=O) groups excluding carboxylic acids is 1. The van der Waals surface area contributed by atoms with Gasteiger partial charge in [0.2, 0.25) is 0 Å². The molecule has 1 heterocycles. The van der Waals surface area contributed by atoms with Crippen molar-refractivity contribution in [2.24, 2.45) is 5.73 Å². The van der Waals surface area contributed by atoms with E-state index in [2.05, 4.69) is 25.7 Å². The smallest absolute Gasteiger partial charge is 0.307 e. The van der Waals surface area contributed by atoms with Crippen molar-refractivity contribution >= 4 is 21.9 Å². The number of carbonyl (C=O) groups is 1. The number of hydrogen-bond donors (Lipinski definition) is 1. The molecule has 2 N–H and O–H groups in total. The third-order valence-electron chi connectivity index (χ3n) is 1.74. The molecule has 0 aliphatic heterocycles. The van der Waals surface area contributed by atoms with E-state index in [9.17, 15) is 4.79 Å². The van der Waals surface area contributed by atoms with E-state index in [1.807, 2.05) is 6.07 Å². The molecule has 0 aromatic carbocycles. The molecule has 0 amide bonds. The van der Waals surface area contributed by atoms with Gasteiger partial charge in [0.15, 0.2) is 0 Å². The first-order chi connectivity index (χ1) is 6.63. The van der Waals surface area contributed by atoms with E-state index < -0.39 is 6.04 Å². The Balaban J connectivity index is 2.65. The predicted molar refractivity (Wildman–Crippen MR) is 55.5 cm³/mol. The SMILES string of the molecule is COC(=O)C[C@H](N)c1ccc(Br)cn1. The fraction of sp³-hybridized carbons (Fsp3) is 0.333. The lowest BCUT2D eigenvalue weighted by molar-refractivity contribution is -0.141. The Hall–Kier alpha value is -0.940. The minimum atomic E-state index is -0.407. The minimum Gasteiger partial charge on any atom is -0.469 e. The fourth-order valence-electron chi connectivity index (χ4n) is 0.974. The van der Waals surface area contributed by atoms with Crippen LogP contribution in [0.2, 0.25) is 0 Å². The Kier molecular flexibility index (Phi) is 4.03. The highest BCUT2D eigenvalue weighted by Crippen LogP contribution is 2.14. The van der Waals surface area contributed by atoms with Crippen molar-refractivity contribution < 1.29 is 9.53 Å². The van der Waals surface area contributed by atoms with Crippen LogP contribution in [0.4, 0.5) is 0 Å². The summed E-state index contributed by atoms with van der Waals surface area (Å²) in [5.74, 6) is -0.331. The number of ether oxygens (including phenoxy) is 1. The van der Waals surface area contributed by atoms with Gasteiger partial charge in [-0.25, -0.2) is 0 Å². The van der Waals surface area contributed by atoms with Gasteiger partial charge in [0.25, 0.3) is 0 Å². The Bertz CT molecular complexity index is 313. The number of halogens is 1. The topological polar surface area (TPSA) is 65.2 Å². The van der Waals surface area contributed by atoms with Gasteiger partial charge >= 0.3 is 5.97 Å². The van der Waals surface area contributed by atoms with Crippen molar-refractivity contribution in [3.8, 4) is 0 Å². The van der Waals surface area contributed by atoms with Gasteiger partial charge in [0.1, 0.15) is 0 Å². The maximum Gasteiger partial charge on any atom is 0.307 e. The van der Waals surface area contributed by atoms with Gasteiger partial charge in [0.05, 0.1) is 25.3 Å². The molecule has 0 aliphatic rings. The van der Waals surface area contributed by atoms with Crippen LogP contribution in [0.15, 0.2) is 22.8 Å². The summed E-state index contributed by atoms with van der Waals surface area (Å²) in [6.07, 6.45) is 1.79. The minimum absolute atomic E-state index is 0.144. The van der Waals surface area contributed by atoms with E-state index >= 15 is 0 Å². The molecule has 0 saturated carbocycles. The van der Waals surface area contributed by atoms with Gasteiger partial charge in [-0.1, -0.05) is 0 Å². The number of rotatable bonds is 3. The third kappa shape index (κ3) is 3.08. The van der Waals surface area contributed by atoms with Crippen LogP contribution in [0.25, 0.3) is 0 Å². The Morgan fingerprint density at radius 1 is 1.71 bits per heavy atom. The van der Waals surface area contributed by atoms with E-state index in [1.54, 1.807) is 12.3 Å². The van der Waals surface area contributed by atoms with Gasteiger partial charge in [-0.05, 0) is 28.1 Å². The van der Waals surface area contributed by atoms with Crippen LogP contribution in [0.1, 0.15) is 18.2 Å². The first kappa shape index (κ1) is 11.1. The molecule has 0 radical (unpaired) electrons. The van der Waals surface area contributed by atoms with Crippen LogP contribution in [0, 0.1) is 0 Å². The molecule has 1 atom stereocenters. The lowest BCUT2D eigenvalue weighted by Gasteiger charge is -2.08. The van der Waals surface area contributed by atoms with Crippen LogP contribution in [-0.4, -0.2) is 18.1 Å². The van der Waals surface area contributed by atoms with Crippen molar-refractivity contribution in [3.63, 3.8) is 0 Å². The average molecular weight is 259 g/mol. The number of nitrogens with zero attached hydrogens (tertiary/aromatic N) is 1. The lowest BCUT2D eigenvalue weighted by atomic mass is 10.1. The molecular formula is C9H11BrN2O2. The monoisotopic (exact) mass is 258 g/mol. The van der Waals surface area contributed by atoms with Crippen LogP contribution in [0.5, 0.6) is 0 Å². The number of nitrogens with two attached hydrogens (primary N) is 1. The maximum atomic E-state index is 10.9. The highest BCUT2D eigenvalue weighted by atomic mass is 79.9. The molecule has 1 aromatic heterocycles. The number of methoxy groups -OCH3 is 1. The van der Waals surface area contributed by atoms with E-state index in [1.165, 1.54) is 7.11 Å². The molecule has 1 rings (SSSR count). The molecular weight excluding hydrogens is 248 g/mol. The van der Waals surface area contributed by atoms with E-state index in [-0.39, 0.29) is 12.4 Å². The molecule has 0 bridgehead atoms. The summed E-state index contributed by atoms with van der Waals surface area (Å²) in [4.78, 5) is 15.0. The molecule has 5 heteroatoms. The molecule has 76 valence electrons. The quantitative estimate of drug-likeness (QED) is 0.833. The van der Waals surface area contributed by atoms with Crippen molar-refractivity contribution in [2.45, 2.75) is 12.5 Å². The van der Waals surface area contributed by atoms with E-state index in [4.69, 9.17) is 5.73 Å². The largest absolute Gasteiger partial charge is 0.469 e. The van der Waals surface area contributed by atoms with Crippen molar-refractivity contribution in [1.29, 1.82) is 0 Å². The molecule has 0 saturated heterocycles. The second kappa shape index (κ2) is 5.07. The van der Waals surface area contributed by atoms with Crippen LogP contribution < -0.4 is 5.73 Å². The maximum absolute atomic E-state index is 10.9. The van der Waals surface area contributed by atoms with Gasteiger partial charge in [-0.15, -0.1) is 0 Å². The second-order valence-corrected chi connectivity index (χ2v) is 3.70. The Labute approximate surface area is 90.6 Å². The first-order valence-electron chi connectivity index (χ1n) is 4.07. The molecule has 0 fully saturated rings. The highest BCUT2D eigenvalue weighted by Gasteiger charge is 2.12. The Morgan fingerprint density at radius 2 is 2.43 bits per heavy atom. The standard InChI is InChI=1S/C9H11BrN2O2/c1-14-9(13)4-7(11)8-3-2-6(10)5-12-8/h2-3,5,7H,4,11H2,1H3/t7-/m0/s1. The van der Waals surface area contributed by atoms with Gasteiger partial charge < -0.3 is 10.5 Å². The Morgan fingerprint density at radius 3 is 2.93 bits per heavy atom. The van der Waals surface area contributed by atoms with Crippen LogP contribution in [-0.2, 0) is 9.53 Å². The van der Waals surface area contributed by atoms with Gasteiger partial charge in [0, 0.05) is 10.7 Å². The second-order valence-electron chi connectivity index (χ2n) is 2.79. The summed E-state index contributed by atoms with van der Waals surface area (Å²) in [5.41, 5.74) is 6.42. The van der Waals surface area contributed by atoms with Crippen molar-refractivity contribution in [1.82, 2.24) is 4.98 Å². The molecule has 0 aliphatic carbocycles. The normalized spacial score (nSPS) is 12.2. The summed E-state index contributed by atoms with van der Waals surface area (Å²) in [6.45, 7) is 0. The van der Waals surface area contributed by atoms with Crippen molar-refractivity contribution in [2.75, 3.05) is 7.11 Å². The number of esters is 1. The molecule has 4 nitrogen and oxygen atoms in total. The zero-order valence-corrected chi connectivity index (χ0v) is 9.32. The summed E-state index contributed by atoms with van der Waals surface area (Å²) in [6, 6.07) is 3.20. The van der Waals surface area contributed by atoms with E-state index in [0.717, 1.165) is 4.47 Å². The fourth-order valence-corrected chi connectivity index (χ4v) is 1.21. The molecule has 0 spiro atoms. The van der Waals surface area contributed by atoms with Crippen LogP contribution >= 0.6 is 15.9 Å². The predicted octanol–water partition coefficient (Wildman–Crippen LogP) is 1.41. The van der Waals surface area contributed by atoms with Gasteiger partial charge in [-0.2, -0.15) is 0 Å². The zero-order chi connectivity index (χ0) is 10.6. The van der Waals surface area contributed by atoms with E-state index in [0.29, 0.717) is 5.69 Å². The first-order valence-corrected chi connectivity index (χ1v) is 4.86. The zero-order valence-electron chi connectivity index (χ0n) is 7.74. The molecule has 14 heavy (non-hydrogen) atoms. The summed E-state index contributed by atoms with van der Waals surface area (Å²) >= 11 is 3.26. The number of hydrogen-bond acceptors (Lipinski definition) is 4. The number of aromatic nitrogens is 1. The summed E-state index contributed by atoms with van der Waals surface area (Å²) < 4.78 is 5.39. The molecule has 0 unspecified atom stereocenters. The van der Waals surface area contributed by atoms with Gasteiger partial charge in [-0.3, -0.25) is 9.78 Å². The highest BCUT2D eigenvalue weighted by molar-refractivity contribution is 9.10. The average Bonchev–Trinajstić information content (AvgIpc) is 2.18. The third-order valence-corrected chi connectivity index (χ3v) is 2.21. The number of pyridine rings is 1. The van der Waals surface area contributed by atoms with Crippen molar-refractivity contribution in [3.05, 3.63) is 28.5 Å².